The second-order valence-electron chi connectivity index (χ2n) is 6.46. The summed E-state index contributed by atoms with van der Waals surface area (Å²) in [6.45, 7) is 3.87. The van der Waals surface area contributed by atoms with Gasteiger partial charge in [-0.1, -0.05) is 37.0 Å². The largest absolute Gasteiger partial charge is 0.497 e. The van der Waals surface area contributed by atoms with Crippen LogP contribution in [0.15, 0.2) is 43.1 Å². The molecule has 0 amide bonds. The first kappa shape index (κ1) is 20.7. The number of ether oxygens (including phenoxy) is 2. The summed E-state index contributed by atoms with van der Waals surface area (Å²) in [5, 5.41) is 8.12. The SMILES string of the molecule is C=CCCCCCCCCC(=O)OCc1cn(-c2ccc(OC)cc2)nn1. The highest BCUT2D eigenvalue weighted by Crippen LogP contribution is 2.14. The standard InChI is InChI=1S/C21H29N3O3/c1-3-4-5-6-7-8-9-10-11-21(25)27-17-18-16-24(23-22-18)19-12-14-20(26-2)15-13-19/h3,12-16H,1,4-11,17H2,2H3. The minimum atomic E-state index is -0.180. The number of aromatic nitrogens is 3. The monoisotopic (exact) mass is 371 g/mol. The van der Waals surface area contributed by atoms with E-state index in [0.717, 1.165) is 30.7 Å². The number of nitrogens with zero attached hydrogens (tertiary/aromatic N) is 3. The Morgan fingerprint density at radius 1 is 1.11 bits per heavy atom. The maximum absolute atomic E-state index is 11.8. The molecule has 0 atom stereocenters. The van der Waals surface area contributed by atoms with E-state index >= 15 is 0 Å². The van der Waals surface area contributed by atoms with E-state index in [-0.39, 0.29) is 12.6 Å². The Morgan fingerprint density at radius 2 is 1.81 bits per heavy atom. The molecule has 0 fully saturated rings. The molecule has 0 unspecified atom stereocenters. The van der Waals surface area contributed by atoms with E-state index in [2.05, 4.69) is 16.9 Å². The van der Waals surface area contributed by atoms with Crippen molar-refractivity contribution in [1.29, 1.82) is 0 Å². The van der Waals surface area contributed by atoms with Crippen molar-refractivity contribution in [3.05, 3.63) is 48.8 Å². The molecule has 6 nitrogen and oxygen atoms in total. The van der Waals surface area contributed by atoms with Crippen LogP contribution < -0.4 is 4.74 Å². The van der Waals surface area contributed by atoms with Crippen LogP contribution in [0.5, 0.6) is 5.75 Å². The fourth-order valence-corrected chi connectivity index (χ4v) is 2.72. The highest BCUT2D eigenvalue weighted by Gasteiger charge is 2.07. The van der Waals surface area contributed by atoms with Crippen molar-refractivity contribution in [2.45, 2.75) is 58.0 Å². The molecule has 146 valence electrons. The van der Waals surface area contributed by atoms with Crippen LogP contribution in [-0.2, 0) is 16.1 Å². The van der Waals surface area contributed by atoms with Crippen molar-refractivity contribution in [2.75, 3.05) is 7.11 Å². The second kappa shape index (κ2) is 11.9. The molecule has 0 N–H and O–H groups in total. The molecular formula is C21H29N3O3. The van der Waals surface area contributed by atoms with Crippen molar-refractivity contribution in [2.24, 2.45) is 0 Å². The smallest absolute Gasteiger partial charge is 0.306 e. The van der Waals surface area contributed by atoms with Gasteiger partial charge in [-0.15, -0.1) is 11.7 Å². The van der Waals surface area contributed by atoms with Crippen molar-refractivity contribution >= 4 is 5.97 Å². The Balaban J connectivity index is 1.62. The first-order valence-corrected chi connectivity index (χ1v) is 9.55. The summed E-state index contributed by atoms with van der Waals surface area (Å²) in [5.41, 5.74) is 1.50. The quantitative estimate of drug-likeness (QED) is 0.292. The fraction of sp³-hybridized carbons (Fsp3) is 0.476. The Bertz CT molecular complexity index is 695. The molecule has 1 aromatic heterocycles. The molecular weight excluding hydrogens is 342 g/mol. The lowest BCUT2D eigenvalue weighted by Crippen LogP contribution is -2.04. The van der Waals surface area contributed by atoms with Crippen LogP contribution in [0.1, 0.15) is 57.1 Å². The number of hydrogen-bond donors (Lipinski definition) is 0. The highest BCUT2D eigenvalue weighted by atomic mass is 16.5. The lowest BCUT2D eigenvalue weighted by atomic mass is 10.1. The van der Waals surface area contributed by atoms with Gasteiger partial charge in [0.2, 0.25) is 0 Å². The van der Waals surface area contributed by atoms with E-state index in [4.69, 9.17) is 9.47 Å². The van der Waals surface area contributed by atoms with Gasteiger partial charge in [0.25, 0.3) is 0 Å². The van der Waals surface area contributed by atoms with Crippen LogP contribution in [0.3, 0.4) is 0 Å². The molecule has 2 aromatic rings. The van der Waals surface area contributed by atoms with E-state index < -0.39 is 0 Å². The highest BCUT2D eigenvalue weighted by molar-refractivity contribution is 5.69. The summed E-state index contributed by atoms with van der Waals surface area (Å²) in [4.78, 5) is 11.8. The Kier molecular flexibility index (Phi) is 9.10. The normalized spacial score (nSPS) is 10.6. The van der Waals surface area contributed by atoms with Crippen molar-refractivity contribution in [3.8, 4) is 11.4 Å². The van der Waals surface area contributed by atoms with Crippen LogP contribution in [0.2, 0.25) is 0 Å². The maximum Gasteiger partial charge on any atom is 0.306 e. The van der Waals surface area contributed by atoms with Crippen LogP contribution in [0, 0.1) is 0 Å². The molecule has 1 heterocycles. The molecule has 0 spiro atoms. The average Bonchev–Trinajstić information content (AvgIpc) is 3.17. The van der Waals surface area contributed by atoms with Gasteiger partial charge in [0.1, 0.15) is 18.1 Å². The third kappa shape index (κ3) is 7.64. The maximum atomic E-state index is 11.8. The van der Waals surface area contributed by atoms with Crippen LogP contribution in [0.25, 0.3) is 5.69 Å². The molecule has 0 saturated heterocycles. The summed E-state index contributed by atoms with van der Waals surface area (Å²) in [6.07, 6.45) is 12.1. The fourth-order valence-electron chi connectivity index (χ4n) is 2.72. The van der Waals surface area contributed by atoms with Gasteiger partial charge in [-0.3, -0.25) is 4.79 Å². The predicted octanol–water partition coefficient (Wildman–Crippen LogP) is 4.63. The predicted molar refractivity (Wildman–Crippen MR) is 105 cm³/mol. The Labute approximate surface area is 161 Å². The van der Waals surface area contributed by atoms with Gasteiger partial charge in [0, 0.05) is 6.42 Å². The van der Waals surface area contributed by atoms with E-state index in [0.29, 0.717) is 12.1 Å². The molecule has 0 bridgehead atoms. The number of rotatable bonds is 13. The summed E-state index contributed by atoms with van der Waals surface area (Å²) in [6, 6.07) is 7.49. The Morgan fingerprint density at radius 3 is 2.52 bits per heavy atom. The molecule has 0 radical (unpaired) electrons. The zero-order chi connectivity index (χ0) is 19.3. The van der Waals surface area contributed by atoms with Gasteiger partial charge in [0.15, 0.2) is 0 Å². The lowest BCUT2D eigenvalue weighted by molar-refractivity contribution is -0.145. The molecule has 0 saturated carbocycles. The molecule has 0 aliphatic carbocycles. The van der Waals surface area contributed by atoms with Gasteiger partial charge >= 0.3 is 5.97 Å². The number of methoxy groups -OCH3 is 1. The van der Waals surface area contributed by atoms with Crippen LogP contribution >= 0.6 is 0 Å². The van der Waals surface area contributed by atoms with Crippen molar-refractivity contribution < 1.29 is 14.3 Å². The van der Waals surface area contributed by atoms with Crippen molar-refractivity contribution in [1.82, 2.24) is 15.0 Å². The zero-order valence-corrected chi connectivity index (χ0v) is 16.1. The van der Waals surface area contributed by atoms with E-state index in [1.165, 1.54) is 25.7 Å². The molecule has 0 aliphatic heterocycles. The molecule has 1 aromatic carbocycles. The summed E-state index contributed by atoms with van der Waals surface area (Å²) < 4.78 is 12.1. The third-order valence-corrected chi connectivity index (χ3v) is 4.30. The average molecular weight is 371 g/mol. The number of benzene rings is 1. The molecule has 2 rings (SSSR count). The van der Waals surface area contributed by atoms with Crippen LogP contribution in [-0.4, -0.2) is 28.1 Å². The van der Waals surface area contributed by atoms with Crippen molar-refractivity contribution in [3.63, 3.8) is 0 Å². The van der Waals surface area contributed by atoms with E-state index in [1.807, 2.05) is 30.3 Å². The number of allylic oxidation sites excluding steroid dienone is 1. The first-order valence-electron chi connectivity index (χ1n) is 9.55. The van der Waals surface area contributed by atoms with Gasteiger partial charge in [0.05, 0.1) is 19.0 Å². The minimum Gasteiger partial charge on any atom is -0.497 e. The molecule has 6 heteroatoms. The minimum absolute atomic E-state index is 0.149. The zero-order valence-electron chi connectivity index (χ0n) is 16.1. The molecule has 27 heavy (non-hydrogen) atoms. The Hall–Kier alpha value is -2.63. The van der Waals surface area contributed by atoms with E-state index in [9.17, 15) is 4.79 Å². The second-order valence-corrected chi connectivity index (χ2v) is 6.46. The number of unbranched alkanes of at least 4 members (excludes halogenated alkanes) is 6. The topological polar surface area (TPSA) is 66.2 Å². The third-order valence-electron chi connectivity index (χ3n) is 4.30. The number of carbonyl (C=O) groups is 1. The molecule has 0 aliphatic rings. The number of esters is 1. The van der Waals surface area contributed by atoms with E-state index in [1.54, 1.807) is 18.0 Å². The van der Waals surface area contributed by atoms with Gasteiger partial charge in [-0.2, -0.15) is 0 Å². The summed E-state index contributed by atoms with van der Waals surface area (Å²) in [5.74, 6) is 0.602. The van der Waals surface area contributed by atoms with Crippen LogP contribution in [0.4, 0.5) is 0 Å². The number of hydrogen-bond acceptors (Lipinski definition) is 5. The lowest BCUT2D eigenvalue weighted by Gasteiger charge is -2.03. The van der Waals surface area contributed by atoms with Gasteiger partial charge in [-0.25, -0.2) is 4.68 Å². The summed E-state index contributed by atoms with van der Waals surface area (Å²) in [7, 11) is 1.63. The number of carbonyl (C=O) groups excluding carboxylic acids is 1. The van der Waals surface area contributed by atoms with Gasteiger partial charge < -0.3 is 9.47 Å². The first-order chi connectivity index (χ1) is 13.2. The van der Waals surface area contributed by atoms with Gasteiger partial charge in [-0.05, 0) is 43.5 Å². The summed E-state index contributed by atoms with van der Waals surface area (Å²) >= 11 is 0.